The summed E-state index contributed by atoms with van der Waals surface area (Å²) in [5.41, 5.74) is 1.31. The van der Waals surface area contributed by atoms with E-state index in [-0.39, 0.29) is 28.6 Å². The fourth-order valence-corrected chi connectivity index (χ4v) is 5.91. The molecule has 1 saturated carbocycles. The van der Waals surface area contributed by atoms with E-state index in [9.17, 15) is 13.2 Å². The molecular weight excluding hydrogens is 444 g/mol. The fraction of sp³-hybridized carbons (Fsp3) is 0.458. The first-order chi connectivity index (χ1) is 16.0. The Bertz CT molecular complexity index is 1160. The normalized spacial score (nSPS) is 20.4. The number of rotatable bonds is 6. The number of sulfonamides is 1. The van der Waals surface area contributed by atoms with Gasteiger partial charge in [-0.2, -0.15) is 0 Å². The molecule has 0 unspecified atom stereocenters. The quantitative estimate of drug-likeness (QED) is 0.694. The fourth-order valence-electron chi connectivity index (χ4n) is 4.41. The van der Waals surface area contributed by atoms with Crippen LogP contribution in [-0.4, -0.2) is 52.1 Å². The number of amides is 1. The van der Waals surface area contributed by atoms with Gasteiger partial charge in [-0.25, -0.2) is 13.1 Å². The molecule has 1 aliphatic carbocycles. The van der Waals surface area contributed by atoms with Gasteiger partial charge in [0.05, 0.1) is 26.4 Å². The second kappa shape index (κ2) is 8.87. The lowest BCUT2D eigenvalue weighted by atomic mass is 10.0. The summed E-state index contributed by atoms with van der Waals surface area (Å²) in [6, 6.07) is 10.3. The maximum absolute atomic E-state index is 13.5. The predicted molar refractivity (Wildman–Crippen MR) is 121 cm³/mol. The van der Waals surface area contributed by atoms with Gasteiger partial charge in [0, 0.05) is 24.6 Å². The van der Waals surface area contributed by atoms with Crippen LogP contribution >= 0.6 is 0 Å². The number of carbonyl (C=O) groups is 1. The van der Waals surface area contributed by atoms with Crippen molar-refractivity contribution in [3.63, 3.8) is 0 Å². The van der Waals surface area contributed by atoms with E-state index in [0.717, 1.165) is 43.4 Å². The lowest BCUT2D eigenvalue weighted by Crippen LogP contribution is -2.31. The Kier molecular flexibility index (Phi) is 5.92. The standard InChI is InChI=1S/C24H28N2O6S/c1-30-21-10-6-17(15-23(21)33(28,29)25-18-7-8-18)24(27)26-11-2-4-19(26)16-5-9-20-22(14-16)32-13-3-12-31-20/h5-6,9-10,14-15,18-19,25H,2-4,7-8,11-13H2,1H3/t19-/m0/s1. The van der Waals surface area contributed by atoms with Gasteiger partial charge in [-0.15, -0.1) is 0 Å². The van der Waals surface area contributed by atoms with E-state index in [1.807, 2.05) is 23.1 Å². The highest BCUT2D eigenvalue weighted by atomic mass is 32.2. The first kappa shape index (κ1) is 22.0. The zero-order valence-electron chi connectivity index (χ0n) is 18.6. The SMILES string of the molecule is COc1ccc(C(=O)N2CCC[C@H]2c2ccc3c(c2)OCCCO3)cc1S(=O)(=O)NC1CC1. The molecule has 1 saturated heterocycles. The molecule has 2 aromatic carbocycles. The van der Waals surface area contributed by atoms with Gasteiger partial charge in [-0.3, -0.25) is 4.79 Å². The van der Waals surface area contributed by atoms with Crippen LogP contribution in [0.3, 0.4) is 0 Å². The number of fused-ring (bicyclic) bond motifs is 1. The molecule has 2 aliphatic heterocycles. The number of methoxy groups -OCH3 is 1. The van der Waals surface area contributed by atoms with Gasteiger partial charge in [-0.05, 0) is 61.6 Å². The molecule has 5 rings (SSSR count). The van der Waals surface area contributed by atoms with E-state index in [2.05, 4.69) is 4.72 Å². The van der Waals surface area contributed by atoms with E-state index in [4.69, 9.17) is 14.2 Å². The molecule has 9 heteroatoms. The van der Waals surface area contributed by atoms with Crippen molar-refractivity contribution in [3.05, 3.63) is 47.5 Å². The van der Waals surface area contributed by atoms with Crippen molar-refractivity contribution in [2.24, 2.45) is 0 Å². The van der Waals surface area contributed by atoms with Crippen LogP contribution in [0.15, 0.2) is 41.3 Å². The minimum absolute atomic E-state index is 0.00548. The molecule has 2 heterocycles. The minimum atomic E-state index is -3.77. The third-order valence-electron chi connectivity index (χ3n) is 6.27. The molecule has 33 heavy (non-hydrogen) atoms. The molecule has 1 N–H and O–H groups in total. The van der Waals surface area contributed by atoms with Crippen molar-refractivity contribution < 1.29 is 27.4 Å². The predicted octanol–water partition coefficient (Wildman–Crippen LogP) is 3.27. The van der Waals surface area contributed by atoms with Crippen molar-refractivity contribution in [2.45, 2.75) is 49.1 Å². The molecule has 0 spiro atoms. The molecule has 1 atom stereocenters. The number of benzene rings is 2. The molecule has 3 aliphatic rings. The van der Waals surface area contributed by atoms with E-state index in [1.54, 1.807) is 12.1 Å². The van der Waals surface area contributed by atoms with E-state index in [1.165, 1.54) is 13.2 Å². The summed E-state index contributed by atoms with van der Waals surface area (Å²) in [5.74, 6) is 1.45. The summed E-state index contributed by atoms with van der Waals surface area (Å²) in [7, 11) is -2.35. The largest absolute Gasteiger partial charge is 0.495 e. The molecule has 2 fully saturated rings. The van der Waals surface area contributed by atoms with Crippen molar-refractivity contribution in [1.82, 2.24) is 9.62 Å². The number of ether oxygens (including phenoxy) is 3. The monoisotopic (exact) mass is 472 g/mol. The van der Waals surface area contributed by atoms with Crippen LogP contribution < -0.4 is 18.9 Å². The van der Waals surface area contributed by atoms with E-state index in [0.29, 0.717) is 31.1 Å². The van der Waals surface area contributed by atoms with Gasteiger partial charge in [0.15, 0.2) is 11.5 Å². The topological polar surface area (TPSA) is 94.2 Å². The van der Waals surface area contributed by atoms with Crippen LogP contribution in [-0.2, 0) is 10.0 Å². The lowest BCUT2D eigenvalue weighted by Gasteiger charge is -2.26. The van der Waals surface area contributed by atoms with Crippen LogP contribution in [0.4, 0.5) is 0 Å². The average Bonchev–Trinajstić information content (AvgIpc) is 3.54. The average molecular weight is 473 g/mol. The highest BCUT2D eigenvalue weighted by Crippen LogP contribution is 2.39. The number of carbonyl (C=O) groups excluding carboxylic acids is 1. The maximum Gasteiger partial charge on any atom is 0.254 e. The van der Waals surface area contributed by atoms with Gasteiger partial charge in [0.25, 0.3) is 5.91 Å². The summed E-state index contributed by atoms with van der Waals surface area (Å²) in [5, 5.41) is 0. The summed E-state index contributed by atoms with van der Waals surface area (Å²) in [6.07, 6.45) is 4.18. The lowest BCUT2D eigenvalue weighted by molar-refractivity contribution is 0.0735. The van der Waals surface area contributed by atoms with Gasteiger partial charge in [0.1, 0.15) is 10.6 Å². The summed E-state index contributed by atoms with van der Waals surface area (Å²) in [6.45, 7) is 1.83. The minimum Gasteiger partial charge on any atom is -0.495 e. The van der Waals surface area contributed by atoms with E-state index >= 15 is 0 Å². The van der Waals surface area contributed by atoms with Crippen LogP contribution in [0.2, 0.25) is 0 Å². The first-order valence-electron chi connectivity index (χ1n) is 11.4. The van der Waals surface area contributed by atoms with Crippen molar-refractivity contribution in [2.75, 3.05) is 26.9 Å². The second-order valence-electron chi connectivity index (χ2n) is 8.67. The van der Waals surface area contributed by atoms with Gasteiger partial charge >= 0.3 is 0 Å². The van der Waals surface area contributed by atoms with Crippen LogP contribution in [0.25, 0.3) is 0 Å². The summed E-state index contributed by atoms with van der Waals surface area (Å²) < 4.78 is 45.2. The van der Waals surface area contributed by atoms with Crippen LogP contribution in [0, 0.1) is 0 Å². The third kappa shape index (κ3) is 4.52. The molecule has 176 valence electrons. The second-order valence-corrected chi connectivity index (χ2v) is 10.4. The van der Waals surface area contributed by atoms with E-state index < -0.39 is 10.0 Å². The van der Waals surface area contributed by atoms with Crippen molar-refractivity contribution in [1.29, 1.82) is 0 Å². The number of hydrogen-bond acceptors (Lipinski definition) is 6. The number of nitrogens with zero attached hydrogens (tertiary/aromatic N) is 1. The first-order valence-corrected chi connectivity index (χ1v) is 12.9. The summed E-state index contributed by atoms with van der Waals surface area (Å²) in [4.78, 5) is 15.3. The van der Waals surface area contributed by atoms with Crippen molar-refractivity contribution >= 4 is 15.9 Å². The molecule has 0 bridgehead atoms. The number of likely N-dealkylation sites (tertiary alicyclic amines) is 1. The zero-order valence-corrected chi connectivity index (χ0v) is 19.4. The Morgan fingerprint density at radius 2 is 1.82 bits per heavy atom. The Balaban J connectivity index is 1.43. The molecule has 2 aromatic rings. The third-order valence-corrected chi connectivity index (χ3v) is 7.81. The molecular formula is C24H28N2O6S. The molecule has 0 radical (unpaired) electrons. The highest BCUT2D eigenvalue weighted by molar-refractivity contribution is 7.89. The van der Waals surface area contributed by atoms with Crippen LogP contribution in [0.1, 0.15) is 54.1 Å². The Morgan fingerprint density at radius 1 is 1.03 bits per heavy atom. The van der Waals surface area contributed by atoms with Gasteiger partial charge in [-0.1, -0.05) is 6.07 Å². The Morgan fingerprint density at radius 3 is 2.58 bits per heavy atom. The number of nitrogens with one attached hydrogen (secondary N) is 1. The smallest absolute Gasteiger partial charge is 0.254 e. The van der Waals surface area contributed by atoms with Crippen LogP contribution in [0.5, 0.6) is 17.2 Å². The van der Waals surface area contributed by atoms with Gasteiger partial charge in [0.2, 0.25) is 10.0 Å². The Labute approximate surface area is 193 Å². The highest BCUT2D eigenvalue weighted by Gasteiger charge is 2.34. The zero-order chi connectivity index (χ0) is 23.0. The molecule has 0 aromatic heterocycles. The number of hydrogen-bond donors (Lipinski definition) is 1. The molecule has 8 nitrogen and oxygen atoms in total. The molecule has 1 amide bonds. The maximum atomic E-state index is 13.5. The summed E-state index contributed by atoms with van der Waals surface area (Å²) >= 11 is 0. The Hall–Kier alpha value is -2.78. The van der Waals surface area contributed by atoms with Gasteiger partial charge < -0.3 is 19.1 Å². The van der Waals surface area contributed by atoms with Crippen molar-refractivity contribution in [3.8, 4) is 17.2 Å².